The molecule has 0 aromatic heterocycles. The van der Waals surface area contributed by atoms with E-state index in [1.165, 1.54) is 44.9 Å². The zero-order valence-electron chi connectivity index (χ0n) is 11.2. The van der Waals surface area contributed by atoms with E-state index in [9.17, 15) is 0 Å². The second-order valence-corrected chi connectivity index (χ2v) is 7.19. The first kappa shape index (κ1) is 10.9. The maximum atomic E-state index is 2.59. The Labute approximate surface area is 101 Å². The maximum absolute atomic E-state index is 2.59. The van der Waals surface area contributed by atoms with E-state index in [-0.39, 0.29) is 0 Å². The van der Waals surface area contributed by atoms with E-state index in [4.69, 9.17) is 0 Å². The molecule has 0 heterocycles. The van der Waals surface area contributed by atoms with Gasteiger partial charge in [0.1, 0.15) is 0 Å². The molecule has 0 radical (unpaired) electrons. The summed E-state index contributed by atoms with van der Waals surface area (Å²) in [5.74, 6) is 1.94. The summed E-state index contributed by atoms with van der Waals surface area (Å²) in [7, 11) is 0. The molecular weight excluding hydrogens is 192 g/mol. The molecule has 2 saturated carbocycles. The number of hydrogen-bond donors (Lipinski definition) is 0. The van der Waals surface area contributed by atoms with Gasteiger partial charge in [0, 0.05) is 0 Å². The van der Waals surface area contributed by atoms with Crippen LogP contribution in [-0.4, -0.2) is 0 Å². The summed E-state index contributed by atoms with van der Waals surface area (Å²) in [4.78, 5) is 0. The molecule has 0 N–H and O–H groups in total. The maximum Gasteiger partial charge on any atom is -0.0141 e. The predicted octanol–water partition coefficient (Wildman–Crippen LogP) is 4.95. The molecule has 3 atom stereocenters. The molecule has 2 bridgehead atoms. The minimum atomic E-state index is 0.593. The lowest BCUT2D eigenvalue weighted by Gasteiger charge is -2.41. The lowest BCUT2D eigenvalue weighted by molar-refractivity contribution is 0.116. The van der Waals surface area contributed by atoms with Crippen molar-refractivity contribution >= 4 is 0 Å². The minimum absolute atomic E-state index is 0.593. The predicted molar refractivity (Wildman–Crippen MR) is 69.3 cm³/mol. The summed E-state index contributed by atoms with van der Waals surface area (Å²) in [5.41, 5.74) is 3.04. The van der Waals surface area contributed by atoms with Gasteiger partial charge in [0.2, 0.25) is 0 Å². The monoisotopic (exact) mass is 218 g/mol. The number of rotatable bonds is 1. The second-order valence-electron chi connectivity index (χ2n) is 7.19. The molecule has 0 aromatic rings. The quantitative estimate of drug-likeness (QED) is 0.546. The van der Waals surface area contributed by atoms with Crippen LogP contribution in [0.15, 0.2) is 11.6 Å². The summed E-state index contributed by atoms with van der Waals surface area (Å²) < 4.78 is 0. The van der Waals surface area contributed by atoms with Gasteiger partial charge in [0.15, 0.2) is 0 Å². The Morgan fingerprint density at radius 3 is 2.50 bits per heavy atom. The molecule has 90 valence electrons. The van der Waals surface area contributed by atoms with Crippen molar-refractivity contribution in [3.05, 3.63) is 11.6 Å². The van der Waals surface area contributed by atoms with Gasteiger partial charge in [-0.1, -0.05) is 32.4 Å². The van der Waals surface area contributed by atoms with Crippen molar-refractivity contribution in [3.63, 3.8) is 0 Å². The van der Waals surface area contributed by atoms with Gasteiger partial charge in [0.05, 0.1) is 0 Å². The first-order chi connectivity index (χ1) is 7.56. The fraction of sp³-hybridized carbons (Fsp3) is 0.875. The van der Waals surface area contributed by atoms with Crippen molar-refractivity contribution < 1.29 is 0 Å². The molecular formula is C16H26. The number of fused-ring (bicyclic) bond motifs is 2. The van der Waals surface area contributed by atoms with Crippen LogP contribution in [0.4, 0.5) is 0 Å². The molecule has 0 heteroatoms. The van der Waals surface area contributed by atoms with E-state index >= 15 is 0 Å². The molecule has 0 saturated heterocycles. The zero-order chi connectivity index (χ0) is 11.4. The van der Waals surface area contributed by atoms with E-state index in [0.29, 0.717) is 10.8 Å². The third kappa shape index (κ3) is 1.22. The van der Waals surface area contributed by atoms with Crippen molar-refractivity contribution in [3.8, 4) is 0 Å². The highest BCUT2D eigenvalue weighted by Crippen LogP contribution is 2.69. The Hall–Kier alpha value is -0.260. The third-order valence-electron chi connectivity index (χ3n) is 6.57. The molecule has 2 fully saturated rings. The van der Waals surface area contributed by atoms with Gasteiger partial charge in [-0.15, -0.1) is 0 Å². The first-order valence-corrected chi connectivity index (χ1v) is 7.24. The van der Waals surface area contributed by atoms with Crippen LogP contribution in [0.2, 0.25) is 0 Å². The minimum Gasteiger partial charge on any atom is -0.0850 e. The molecule has 0 unspecified atom stereocenters. The first-order valence-electron chi connectivity index (χ1n) is 7.24. The van der Waals surface area contributed by atoms with E-state index < -0.39 is 0 Å². The fourth-order valence-electron chi connectivity index (χ4n) is 4.94. The lowest BCUT2D eigenvalue weighted by atomic mass is 9.64. The summed E-state index contributed by atoms with van der Waals surface area (Å²) in [6.45, 7) is 7.65. The second kappa shape index (κ2) is 3.37. The zero-order valence-corrected chi connectivity index (χ0v) is 11.2. The van der Waals surface area contributed by atoms with Gasteiger partial charge in [-0.05, 0) is 67.6 Å². The molecule has 3 aliphatic rings. The van der Waals surface area contributed by atoms with Gasteiger partial charge < -0.3 is 0 Å². The van der Waals surface area contributed by atoms with Crippen LogP contribution < -0.4 is 0 Å². The van der Waals surface area contributed by atoms with Crippen molar-refractivity contribution in [1.29, 1.82) is 0 Å². The SMILES string of the molecule is CC1(C)[C@H]2CC[C@]1(C)[C@@H](C1=CCCCC1)C2. The van der Waals surface area contributed by atoms with Gasteiger partial charge in [-0.2, -0.15) is 0 Å². The Kier molecular flexibility index (Phi) is 2.29. The highest BCUT2D eigenvalue weighted by atomic mass is 14.7. The largest absolute Gasteiger partial charge is 0.0850 e. The average molecular weight is 218 g/mol. The Bertz CT molecular complexity index is 323. The van der Waals surface area contributed by atoms with E-state index in [1.54, 1.807) is 0 Å². The van der Waals surface area contributed by atoms with Crippen LogP contribution in [0.25, 0.3) is 0 Å². The fourth-order valence-corrected chi connectivity index (χ4v) is 4.94. The van der Waals surface area contributed by atoms with Crippen LogP contribution in [0, 0.1) is 22.7 Å². The lowest BCUT2D eigenvalue weighted by Crippen LogP contribution is -2.33. The molecule has 3 aliphatic carbocycles. The van der Waals surface area contributed by atoms with Gasteiger partial charge >= 0.3 is 0 Å². The topological polar surface area (TPSA) is 0 Å². The standard InChI is InChI=1S/C16H26/c1-15(2)13-9-10-16(15,3)14(11-13)12-7-5-4-6-8-12/h7,13-14H,4-6,8-11H2,1-3H3/t13-,14+,16+/m0/s1. The normalized spacial score (nSPS) is 45.8. The Balaban J connectivity index is 1.92. The molecule has 0 spiro atoms. The third-order valence-corrected chi connectivity index (χ3v) is 6.57. The molecule has 0 aliphatic heterocycles. The summed E-state index contributed by atoms with van der Waals surface area (Å²) in [6.07, 6.45) is 12.7. The highest BCUT2D eigenvalue weighted by Gasteiger charge is 2.61. The molecule has 0 nitrogen and oxygen atoms in total. The van der Waals surface area contributed by atoms with E-state index in [2.05, 4.69) is 26.8 Å². The van der Waals surface area contributed by atoms with Crippen molar-refractivity contribution in [2.75, 3.05) is 0 Å². The summed E-state index contributed by atoms with van der Waals surface area (Å²) in [5, 5.41) is 0. The number of hydrogen-bond acceptors (Lipinski definition) is 0. The summed E-state index contributed by atoms with van der Waals surface area (Å²) in [6, 6.07) is 0. The highest BCUT2D eigenvalue weighted by molar-refractivity contribution is 5.22. The van der Waals surface area contributed by atoms with Crippen LogP contribution in [0.3, 0.4) is 0 Å². The van der Waals surface area contributed by atoms with Gasteiger partial charge in [-0.3, -0.25) is 0 Å². The average Bonchev–Trinajstić information content (AvgIpc) is 2.62. The molecule has 16 heavy (non-hydrogen) atoms. The van der Waals surface area contributed by atoms with Crippen molar-refractivity contribution in [2.24, 2.45) is 22.7 Å². The van der Waals surface area contributed by atoms with E-state index in [0.717, 1.165) is 11.8 Å². The number of allylic oxidation sites excluding steroid dienone is 2. The van der Waals surface area contributed by atoms with Gasteiger partial charge in [0.25, 0.3) is 0 Å². The molecule has 0 amide bonds. The summed E-state index contributed by atoms with van der Waals surface area (Å²) >= 11 is 0. The molecule has 0 aromatic carbocycles. The van der Waals surface area contributed by atoms with Crippen LogP contribution >= 0.6 is 0 Å². The van der Waals surface area contributed by atoms with E-state index in [1.807, 2.05) is 5.57 Å². The van der Waals surface area contributed by atoms with Crippen molar-refractivity contribution in [1.82, 2.24) is 0 Å². The van der Waals surface area contributed by atoms with Crippen LogP contribution in [0.1, 0.15) is 65.7 Å². The Morgan fingerprint density at radius 1 is 1.19 bits per heavy atom. The Morgan fingerprint density at radius 2 is 2.00 bits per heavy atom. The van der Waals surface area contributed by atoms with Crippen LogP contribution in [0.5, 0.6) is 0 Å². The smallest absolute Gasteiger partial charge is 0.0141 e. The molecule has 3 rings (SSSR count). The van der Waals surface area contributed by atoms with Crippen molar-refractivity contribution in [2.45, 2.75) is 65.7 Å². The van der Waals surface area contributed by atoms with Crippen LogP contribution in [-0.2, 0) is 0 Å². The van der Waals surface area contributed by atoms with Gasteiger partial charge in [-0.25, -0.2) is 0 Å².